The van der Waals surface area contributed by atoms with Gasteiger partial charge in [0, 0.05) is 32.7 Å². The molecule has 28 heavy (non-hydrogen) atoms. The second-order valence-electron chi connectivity index (χ2n) is 6.95. The highest BCUT2D eigenvalue weighted by molar-refractivity contribution is 14.0. The maximum absolute atomic E-state index is 13.6. The zero-order chi connectivity index (χ0) is 19.3. The molecule has 7 nitrogen and oxygen atoms in total. The number of ether oxygens (including phenoxy) is 1. The van der Waals surface area contributed by atoms with Gasteiger partial charge in [-0.2, -0.15) is 0 Å². The van der Waals surface area contributed by atoms with Gasteiger partial charge in [0.2, 0.25) is 0 Å². The van der Waals surface area contributed by atoms with E-state index in [-0.39, 0.29) is 35.2 Å². The van der Waals surface area contributed by atoms with Crippen molar-refractivity contribution < 1.29 is 9.13 Å². The maximum Gasteiger partial charge on any atom is 0.191 e. The van der Waals surface area contributed by atoms with Gasteiger partial charge in [0.25, 0.3) is 0 Å². The normalized spacial score (nSPS) is 15.1. The molecule has 0 saturated heterocycles. The number of nitrogens with zero attached hydrogens (tertiary/aromatic N) is 4. The molecule has 0 aliphatic heterocycles. The van der Waals surface area contributed by atoms with Gasteiger partial charge in [0.1, 0.15) is 18.2 Å². The number of hydrogen-bond donors (Lipinski definition) is 2. The van der Waals surface area contributed by atoms with Crippen molar-refractivity contribution in [3.63, 3.8) is 0 Å². The Hall–Kier alpha value is -1.75. The van der Waals surface area contributed by atoms with Crippen LogP contribution in [0.25, 0.3) is 0 Å². The van der Waals surface area contributed by atoms with Crippen LogP contribution in [0.1, 0.15) is 30.1 Å². The zero-order valence-corrected chi connectivity index (χ0v) is 18.9. The van der Waals surface area contributed by atoms with Crippen LogP contribution in [-0.2, 0) is 23.7 Å². The minimum absolute atomic E-state index is 0. The van der Waals surface area contributed by atoms with Crippen LogP contribution in [0.3, 0.4) is 0 Å². The number of aliphatic imine (C=N–C) groups is 1. The molecule has 1 aromatic heterocycles. The van der Waals surface area contributed by atoms with E-state index in [1.54, 1.807) is 19.2 Å². The number of halogens is 2. The number of rotatable bonds is 8. The average molecular weight is 502 g/mol. The van der Waals surface area contributed by atoms with Crippen LogP contribution in [-0.4, -0.2) is 47.5 Å². The first kappa shape index (κ1) is 22.5. The highest BCUT2D eigenvalue weighted by atomic mass is 127. The first-order valence-electron chi connectivity index (χ1n) is 9.16. The standard InChI is InChI=1S/C19H27FN6O.HI/c1-14-24-25-17(26(14)2)12-22-18(21-9-10-27-3)23-13-19(7-8-19)15-5-4-6-16(20)11-15;/h4-6,11H,7-10,12-13H2,1-3H3,(H2,21,22,23);1H. The molecule has 0 spiro atoms. The number of aromatic nitrogens is 3. The molecule has 0 amide bonds. The lowest BCUT2D eigenvalue weighted by atomic mass is 9.96. The molecular formula is C19H28FIN6O. The quantitative estimate of drug-likeness (QED) is 0.251. The van der Waals surface area contributed by atoms with Gasteiger partial charge >= 0.3 is 0 Å². The highest BCUT2D eigenvalue weighted by Crippen LogP contribution is 2.47. The van der Waals surface area contributed by atoms with E-state index in [1.165, 1.54) is 6.07 Å². The fourth-order valence-corrected chi connectivity index (χ4v) is 2.97. The molecule has 154 valence electrons. The molecule has 1 saturated carbocycles. The lowest BCUT2D eigenvalue weighted by molar-refractivity contribution is 0.203. The van der Waals surface area contributed by atoms with E-state index in [9.17, 15) is 4.39 Å². The first-order valence-corrected chi connectivity index (χ1v) is 9.16. The molecule has 3 rings (SSSR count). The van der Waals surface area contributed by atoms with E-state index in [1.807, 2.05) is 24.6 Å². The molecular weight excluding hydrogens is 474 g/mol. The topological polar surface area (TPSA) is 76.4 Å². The van der Waals surface area contributed by atoms with Crippen molar-refractivity contribution in [1.29, 1.82) is 0 Å². The van der Waals surface area contributed by atoms with Crippen molar-refractivity contribution in [2.75, 3.05) is 26.8 Å². The second kappa shape index (κ2) is 10.1. The zero-order valence-electron chi connectivity index (χ0n) is 16.5. The molecule has 2 aromatic rings. The van der Waals surface area contributed by atoms with Crippen molar-refractivity contribution in [3.05, 3.63) is 47.3 Å². The van der Waals surface area contributed by atoms with Gasteiger partial charge in [-0.15, -0.1) is 34.2 Å². The summed E-state index contributed by atoms with van der Waals surface area (Å²) in [5.74, 6) is 2.15. The summed E-state index contributed by atoms with van der Waals surface area (Å²) in [4.78, 5) is 4.62. The summed E-state index contributed by atoms with van der Waals surface area (Å²) in [6, 6.07) is 6.88. The summed E-state index contributed by atoms with van der Waals surface area (Å²) < 4.78 is 20.6. The third-order valence-corrected chi connectivity index (χ3v) is 5.04. The molecule has 0 bridgehead atoms. The van der Waals surface area contributed by atoms with Gasteiger partial charge < -0.3 is 19.9 Å². The Bertz CT molecular complexity index is 805. The molecule has 0 radical (unpaired) electrons. The number of nitrogens with one attached hydrogen (secondary N) is 2. The third-order valence-electron chi connectivity index (χ3n) is 5.04. The van der Waals surface area contributed by atoms with E-state index in [2.05, 4.69) is 25.8 Å². The monoisotopic (exact) mass is 502 g/mol. The van der Waals surface area contributed by atoms with Crippen LogP contribution in [0.4, 0.5) is 4.39 Å². The van der Waals surface area contributed by atoms with Crippen LogP contribution in [0.2, 0.25) is 0 Å². The summed E-state index contributed by atoms with van der Waals surface area (Å²) in [6.45, 7) is 4.26. The van der Waals surface area contributed by atoms with Crippen molar-refractivity contribution in [1.82, 2.24) is 25.4 Å². The number of benzene rings is 1. The van der Waals surface area contributed by atoms with Gasteiger partial charge in [0.05, 0.1) is 6.61 Å². The summed E-state index contributed by atoms with van der Waals surface area (Å²) in [5, 5.41) is 14.9. The van der Waals surface area contributed by atoms with Crippen LogP contribution in [0.5, 0.6) is 0 Å². The molecule has 1 heterocycles. The Morgan fingerprint density at radius 2 is 2.11 bits per heavy atom. The molecule has 1 aromatic carbocycles. The number of methoxy groups -OCH3 is 1. The molecule has 1 aliphatic rings. The van der Waals surface area contributed by atoms with E-state index >= 15 is 0 Å². The lowest BCUT2D eigenvalue weighted by Gasteiger charge is -2.19. The Morgan fingerprint density at radius 1 is 1.32 bits per heavy atom. The number of aryl methyl sites for hydroxylation is 1. The van der Waals surface area contributed by atoms with Crippen LogP contribution in [0.15, 0.2) is 29.3 Å². The predicted molar refractivity (Wildman–Crippen MR) is 117 cm³/mol. The van der Waals surface area contributed by atoms with Crippen LogP contribution in [0, 0.1) is 12.7 Å². The highest BCUT2D eigenvalue weighted by Gasteiger charge is 2.44. The summed E-state index contributed by atoms with van der Waals surface area (Å²) in [7, 11) is 3.59. The van der Waals surface area contributed by atoms with E-state index < -0.39 is 0 Å². The van der Waals surface area contributed by atoms with Crippen molar-refractivity contribution in [2.24, 2.45) is 12.0 Å². The van der Waals surface area contributed by atoms with Crippen molar-refractivity contribution in [3.8, 4) is 0 Å². The first-order chi connectivity index (χ1) is 13.0. The minimum atomic E-state index is -0.191. The summed E-state index contributed by atoms with van der Waals surface area (Å²) in [5.41, 5.74) is 1.02. The third kappa shape index (κ3) is 5.63. The molecule has 1 fully saturated rings. The smallest absolute Gasteiger partial charge is 0.191 e. The van der Waals surface area contributed by atoms with E-state index in [0.29, 0.717) is 32.2 Å². The maximum atomic E-state index is 13.6. The van der Waals surface area contributed by atoms with Crippen molar-refractivity contribution in [2.45, 2.75) is 31.7 Å². The van der Waals surface area contributed by atoms with Gasteiger partial charge in [-0.3, -0.25) is 0 Å². The van der Waals surface area contributed by atoms with Crippen LogP contribution >= 0.6 is 24.0 Å². The Balaban J connectivity index is 0.00000280. The minimum Gasteiger partial charge on any atom is -0.383 e. The second-order valence-corrected chi connectivity index (χ2v) is 6.95. The number of guanidine groups is 1. The molecule has 9 heteroatoms. The largest absolute Gasteiger partial charge is 0.383 e. The van der Waals surface area contributed by atoms with Crippen molar-refractivity contribution >= 4 is 29.9 Å². The molecule has 0 unspecified atom stereocenters. The van der Waals surface area contributed by atoms with Crippen LogP contribution < -0.4 is 10.6 Å². The summed E-state index contributed by atoms with van der Waals surface area (Å²) >= 11 is 0. The van der Waals surface area contributed by atoms with Gasteiger partial charge in [-0.25, -0.2) is 9.38 Å². The fraction of sp³-hybridized carbons (Fsp3) is 0.526. The summed E-state index contributed by atoms with van der Waals surface area (Å²) in [6.07, 6.45) is 2.08. The molecule has 1 aliphatic carbocycles. The Labute approximate surface area is 182 Å². The fourth-order valence-electron chi connectivity index (χ4n) is 2.97. The van der Waals surface area contributed by atoms with Gasteiger partial charge in [-0.1, -0.05) is 12.1 Å². The van der Waals surface area contributed by atoms with Gasteiger partial charge in [0.15, 0.2) is 11.8 Å². The average Bonchev–Trinajstić information content (AvgIpc) is 3.39. The number of hydrogen-bond acceptors (Lipinski definition) is 4. The van der Waals surface area contributed by atoms with Gasteiger partial charge in [-0.05, 0) is 37.5 Å². The molecule has 0 atom stereocenters. The molecule has 2 N–H and O–H groups in total. The SMILES string of the molecule is COCCNC(=NCc1nnc(C)n1C)NCC1(c2cccc(F)c2)CC1.I. The Morgan fingerprint density at radius 3 is 2.71 bits per heavy atom. The predicted octanol–water partition coefficient (Wildman–Crippen LogP) is 2.29. The Kier molecular flexibility index (Phi) is 8.17. The lowest BCUT2D eigenvalue weighted by Crippen LogP contribution is -2.42. The van der Waals surface area contributed by atoms with E-state index in [0.717, 1.165) is 30.1 Å². The van der Waals surface area contributed by atoms with E-state index in [4.69, 9.17) is 4.74 Å².